The molecule has 2 saturated heterocycles. The van der Waals surface area contributed by atoms with E-state index in [1.807, 2.05) is 24.4 Å². The zero-order valence-corrected chi connectivity index (χ0v) is 15.9. The topological polar surface area (TPSA) is 62.3 Å². The average Bonchev–Trinajstić information content (AvgIpc) is 3.27. The molecule has 0 aromatic carbocycles. The number of anilines is 1. The Morgan fingerprint density at radius 2 is 2.33 bits per heavy atom. The van der Waals surface area contributed by atoms with E-state index in [9.17, 15) is 9.59 Å². The zero-order valence-electron chi connectivity index (χ0n) is 12.7. The van der Waals surface area contributed by atoms with Crippen LogP contribution in [0, 0.1) is 0 Å². The van der Waals surface area contributed by atoms with E-state index in [1.54, 1.807) is 16.7 Å². The summed E-state index contributed by atoms with van der Waals surface area (Å²) in [7, 11) is 0. The number of hydrogen-bond acceptors (Lipinski definition) is 6. The molecule has 4 rings (SSSR count). The Labute approximate surface area is 156 Å². The van der Waals surface area contributed by atoms with Crippen LogP contribution < -0.4 is 5.32 Å². The van der Waals surface area contributed by atoms with Crippen LogP contribution in [0.4, 0.5) is 5.13 Å². The van der Waals surface area contributed by atoms with Gasteiger partial charge >= 0.3 is 0 Å². The molecule has 4 heterocycles. The van der Waals surface area contributed by atoms with Gasteiger partial charge in [0.25, 0.3) is 0 Å². The third-order valence-corrected chi connectivity index (χ3v) is 7.82. The Bertz CT molecular complexity index is 821. The maximum atomic E-state index is 12.6. The van der Waals surface area contributed by atoms with E-state index in [0.717, 1.165) is 17.0 Å². The average molecular weight is 400 g/mol. The summed E-state index contributed by atoms with van der Waals surface area (Å²) in [5, 5.41) is 5.31. The normalized spacial score (nSPS) is 26.0. The van der Waals surface area contributed by atoms with Crippen LogP contribution in [-0.2, 0) is 9.59 Å². The number of halogens is 1. The molecule has 126 valence electrons. The summed E-state index contributed by atoms with van der Waals surface area (Å²) in [6.45, 7) is 2.04. The van der Waals surface area contributed by atoms with E-state index in [-0.39, 0.29) is 16.7 Å². The molecule has 0 aliphatic carbocycles. The highest BCUT2D eigenvalue weighted by atomic mass is 35.5. The fourth-order valence-electron chi connectivity index (χ4n) is 3.10. The molecule has 0 radical (unpaired) electrons. The van der Waals surface area contributed by atoms with E-state index in [0.29, 0.717) is 21.6 Å². The molecule has 2 aromatic rings. The number of rotatable bonds is 3. The summed E-state index contributed by atoms with van der Waals surface area (Å²) >= 11 is 10.5. The molecule has 2 amide bonds. The standard InChI is InChI=1S/C15H14ClN3O2S3/c1-15-5-4-12(20)19(15)9(7-23-15)13(21)18-14-17-8(6-22-14)10-2-3-11(16)24-10/h2-3,6,9H,4-5,7H2,1H3,(H,17,18,21)/t9-,15-/m0/s1. The summed E-state index contributed by atoms with van der Waals surface area (Å²) in [6.07, 6.45) is 1.33. The molecule has 2 atom stereocenters. The summed E-state index contributed by atoms with van der Waals surface area (Å²) in [4.78, 5) is 31.7. The SMILES string of the molecule is C[C@]12CCC(=O)N1[C@H](C(=O)Nc1nc(-c3ccc(Cl)s3)cs1)CS2. The summed E-state index contributed by atoms with van der Waals surface area (Å²) in [5.41, 5.74) is 0.801. The second-order valence-electron chi connectivity index (χ2n) is 5.90. The second-order valence-corrected chi connectivity index (χ2v) is 9.97. The number of thioether (sulfide) groups is 1. The van der Waals surface area contributed by atoms with E-state index in [2.05, 4.69) is 10.3 Å². The van der Waals surface area contributed by atoms with Crippen molar-refractivity contribution in [3.8, 4) is 10.6 Å². The molecule has 0 spiro atoms. The van der Waals surface area contributed by atoms with Gasteiger partial charge in [-0.1, -0.05) is 11.6 Å². The first-order valence-corrected chi connectivity index (χ1v) is 10.5. The molecular formula is C15H14ClN3O2S3. The fourth-order valence-corrected chi connectivity index (χ4v) is 6.32. The summed E-state index contributed by atoms with van der Waals surface area (Å²) in [5.74, 6) is 0.537. The summed E-state index contributed by atoms with van der Waals surface area (Å²) < 4.78 is 0.707. The molecular weight excluding hydrogens is 386 g/mol. The van der Waals surface area contributed by atoms with Crippen molar-refractivity contribution in [1.29, 1.82) is 0 Å². The maximum absolute atomic E-state index is 12.6. The van der Waals surface area contributed by atoms with Gasteiger partial charge in [0, 0.05) is 17.6 Å². The first kappa shape index (κ1) is 16.4. The van der Waals surface area contributed by atoms with Crippen molar-refractivity contribution in [2.45, 2.75) is 30.7 Å². The lowest BCUT2D eigenvalue weighted by molar-refractivity contribution is -0.135. The maximum Gasteiger partial charge on any atom is 0.249 e. The number of thiazole rings is 1. The Kier molecular flexibility index (Phi) is 4.11. The second kappa shape index (κ2) is 6.01. The number of carbonyl (C=O) groups excluding carboxylic acids is 2. The number of nitrogens with one attached hydrogen (secondary N) is 1. The Balaban J connectivity index is 1.49. The van der Waals surface area contributed by atoms with Gasteiger partial charge in [-0.3, -0.25) is 9.59 Å². The van der Waals surface area contributed by atoms with Crippen LogP contribution in [-0.4, -0.2) is 38.4 Å². The van der Waals surface area contributed by atoms with Gasteiger partial charge in [-0.05, 0) is 25.5 Å². The lowest BCUT2D eigenvalue weighted by atomic mass is 10.2. The molecule has 2 aromatic heterocycles. The van der Waals surface area contributed by atoms with Crippen LogP contribution in [0.5, 0.6) is 0 Å². The number of nitrogens with zero attached hydrogens (tertiary/aromatic N) is 2. The van der Waals surface area contributed by atoms with Gasteiger partial charge in [-0.15, -0.1) is 34.4 Å². The highest BCUT2D eigenvalue weighted by Crippen LogP contribution is 2.47. The highest BCUT2D eigenvalue weighted by molar-refractivity contribution is 8.01. The quantitative estimate of drug-likeness (QED) is 0.849. The number of amides is 2. The molecule has 0 saturated carbocycles. The van der Waals surface area contributed by atoms with Crippen molar-refractivity contribution < 1.29 is 9.59 Å². The van der Waals surface area contributed by atoms with Crippen LogP contribution in [0.15, 0.2) is 17.5 Å². The predicted octanol–water partition coefficient (Wildman–Crippen LogP) is 3.92. The predicted molar refractivity (Wildman–Crippen MR) is 99.8 cm³/mol. The molecule has 2 fully saturated rings. The van der Waals surface area contributed by atoms with Gasteiger partial charge < -0.3 is 10.2 Å². The molecule has 24 heavy (non-hydrogen) atoms. The number of carbonyl (C=O) groups is 2. The zero-order chi connectivity index (χ0) is 16.9. The van der Waals surface area contributed by atoms with Crippen molar-refractivity contribution in [2.75, 3.05) is 11.1 Å². The molecule has 1 N–H and O–H groups in total. The first-order valence-electron chi connectivity index (χ1n) is 7.44. The van der Waals surface area contributed by atoms with Crippen LogP contribution in [0.3, 0.4) is 0 Å². The van der Waals surface area contributed by atoms with Gasteiger partial charge in [0.2, 0.25) is 11.8 Å². The Morgan fingerprint density at radius 3 is 3.08 bits per heavy atom. The van der Waals surface area contributed by atoms with Crippen molar-refractivity contribution >= 4 is 63.0 Å². The van der Waals surface area contributed by atoms with Gasteiger partial charge in [-0.2, -0.15) is 0 Å². The smallest absolute Gasteiger partial charge is 0.249 e. The molecule has 9 heteroatoms. The minimum absolute atomic E-state index is 0.0655. The highest BCUT2D eigenvalue weighted by Gasteiger charge is 2.52. The van der Waals surface area contributed by atoms with Crippen LogP contribution in [0.1, 0.15) is 19.8 Å². The van der Waals surface area contributed by atoms with Gasteiger partial charge in [0.1, 0.15) is 6.04 Å². The molecule has 2 aliphatic heterocycles. The van der Waals surface area contributed by atoms with Gasteiger partial charge in [0.15, 0.2) is 5.13 Å². The fraction of sp³-hybridized carbons (Fsp3) is 0.400. The summed E-state index contributed by atoms with van der Waals surface area (Å²) in [6, 6.07) is 3.32. The third-order valence-electron chi connectivity index (χ3n) is 4.31. The monoisotopic (exact) mass is 399 g/mol. The number of thiophene rings is 1. The van der Waals surface area contributed by atoms with Gasteiger partial charge in [0.05, 0.1) is 19.8 Å². The van der Waals surface area contributed by atoms with E-state index in [1.165, 1.54) is 22.7 Å². The van der Waals surface area contributed by atoms with Crippen molar-refractivity contribution in [1.82, 2.24) is 9.88 Å². The van der Waals surface area contributed by atoms with E-state index >= 15 is 0 Å². The van der Waals surface area contributed by atoms with Crippen molar-refractivity contribution in [3.05, 3.63) is 21.8 Å². The lowest BCUT2D eigenvalue weighted by Gasteiger charge is -2.29. The van der Waals surface area contributed by atoms with Crippen LogP contribution >= 0.6 is 46.0 Å². The third kappa shape index (κ3) is 2.75. The number of fused-ring (bicyclic) bond motifs is 1. The first-order chi connectivity index (χ1) is 11.5. The van der Waals surface area contributed by atoms with Gasteiger partial charge in [-0.25, -0.2) is 4.98 Å². The largest absolute Gasteiger partial charge is 0.315 e. The molecule has 0 bridgehead atoms. The molecule has 2 aliphatic rings. The minimum Gasteiger partial charge on any atom is -0.315 e. The minimum atomic E-state index is -0.418. The molecule has 0 unspecified atom stereocenters. The van der Waals surface area contributed by atoms with Crippen molar-refractivity contribution in [2.24, 2.45) is 0 Å². The Hall–Kier alpha value is -1.09. The van der Waals surface area contributed by atoms with Crippen LogP contribution in [0.25, 0.3) is 10.6 Å². The molecule has 5 nitrogen and oxygen atoms in total. The number of aromatic nitrogens is 1. The van der Waals surface area contributed by atoms with Crippen molar-refractivity contribution in [3.63, 3.8) is 0 Å². The van der Waals surface area contributed by atoms with E-state index < -0.39 is 6.04 Å². The van der Waals surface area contributed by atoms with E-state index in [4.69, 9.17) is 11.6 Å². The lowest BCUT2D eigenvalue weighted by Crippen LogP contribution is -2.48. The van der Waals surface area contributed by atoms with Crippen LogP contribution in [0.2, 0.25) is 4.34 Å². The number of hydrogen-bond donors (Lipinski definition) is 1. The Morgan fingerprint density at radius 1 is 1.50 bits per heavy atom.